The second kappa shape index (κ2) is 10.5. The van der Waals surface area contributed by atoms with Gasteiger partial charge in [0.2, 0.25) is 0 Å². The second-order valence-electron chi connectivity index (χ2n) is 14.6. The van der Waals surface area contributed by atoms with Gasteiger partial charge in [-0.1, -0.05) is 19.8 Å². The predicted molar refractivity (Wildman–Crippen MR) is 152 cm³/mol. The molecule has 4 saturated carbocycles. The lowest BCUT2D eigenvalue weighted by atomic mass is 9.58. The Labute approximate surface area is 241 Å². The summed E-state index contributed by atoms with van der Waals surface area (Å²) in [5.41, 5.74) is 15.9. The van der Waals surface area contributed by atoms with E-state index in [2.05, 4.69) is 21.9 Å². The monoisotopic (exact) mass is 579 g/mol. The molecule has 0 aromatic carbocycles. The average Bonchev–Trinajstić information content (AvgIpc) is 3.69. The molecule has 6 rings (SSSR count). The van der Waals surface area contributed by atoms with E-state index in [4.69, 9.17) is 11.5 Å². The van der Waals surface area contributed by atoms with Gasteiger partial charge in [0.25, 0.3) is 0 Å². The van der Waals surface area contributed by atoms with Crippen LogP contribution >= 0.6 is 0 Å². The first-order valence-electron chi connectivity index (χ1n) is 15.7. The first kappa shape index (κ1) is 28.9. The highest BCUT2D eigenvalue weighted by Gasteiger charge is 2.60. The number of carbonyl (C=O) groups excluding carboxylic acids is 1. The van der Waals surface area contributed by atoms with Crippen LogP contribution in [0.2, 0.25) is 0 Å². The molecule has 0 radical (unpaired) electrons. The Hall–Kier alpha value is -2.17. The van der Waals surface area contributed by atoms with Crippen LogP contribution in [-0.2, 0) is 0 Å². The molecule has 2 unspecified atom stereocenters. The van der Waals surface area contributed by atoms with Gasteiger partial charge in [0.1, 0.15) is 5.84 Å². The summed E-state index contributed by atoms with van der Waals surface area (Å²) in [5.74, 6) is 3.34. The van der Waals surface area contributed by atoms with Gasteiger partial charge in [-0.2, -0.15) is 18.3 Å². The fourth-order valence-corrected chi connectivity index (χ4v) is 8.32. The van der Waals surface area contributed by atoms with Gasteiger partial charge >= 0.3 is 12.2 Å². The Morgan fingerprint density at radius 1 is 1.10 bits per heavy atom. The van der Waals surface area contributed by atoms with Crippen LogP contribution in [0.4, 0.5) is 18.0 Å². The van der Waals surface area contributed by atoms with Crippen molar-refractivity contribution in [2.45, 2.75) is 76.9 Å². The van der Waals surface area contributed by atoms with Crippen LogP contribution in [0.1, 0.15) is 64.7 Å². The number of amides is 2. The first-order chi connectivity index (χ1) is 19.4. The summed E-state index contributed by atoms with van der Waals surface area (Å²) in [6, 6.07) is 0.266. The van der Waals surface area contributed by atoms with Gasteiger partial charge in [0.05, 0.1) is 6.42 Å². The number of rotatable bonds is 10. The summed E-state index contributed by atoms with van der Waals surface area (Å²) in [7, 11) is 1.65. The highest BCUT2D eigenvalue weighted by atomic mass is 19.4. The molecule has 0 bridgehead atoms. The van der Waals surface area contributed by atoms with Crippen molar-refractivity contribution in [2.75, 3.05) is 39.8 Å². The zero-order valence-electron chi connectivity index (χ0n) is 24.6. The molecule has 2 heterocycles. The quantitative estimate of drug-likeness (QED) is 0.179. The molecule has 6 fully saturated rings. The molecule has 230 valence electrons. The maximum atomic E-state index is 13.1. The number of urea groups is 1. The fraction of sp³-hybridized carbons (Fsp3) is 0.867. The van der Waals surface area contributed by atoms with Gasteiger partial charge in [-0.25, -0.2) is 4.79 Å². The standard InChI is InChI=1S/C30H48F3N7O/c1-18-9-29(18,15-30(31,32)33)26(36-2)38-37-12-20-10-28(11-20)16-40(17-28)27(41)39-13-23(14-39)21-6-22(7-21)25(35)8-24(34)5-19-3-4-19/h8,18-24,37H,3-7,9-17,34-35H2,1-2H3,(H,36,38)/b25-8-/t18-,21?,22?,24?,29?/m1/s1. The van der Waals surface area contributed by atoms with E-state index in [0.717, 1.165) is 69.9 Å². The number of alkyl halides is 3. The molecule has 4 aliphatic carbocycles. The lowest BCUT2D eigenvalue weighted by molar-refractivity contribution is -0.143. The molecule has 0 aromatic heterocycles. The molecule has 11 heteroatoms. The number of hydrogen-bond acceptors (Lipinski definition) is 5. The van der Waals surface area contributed by atoms with Crippen LogP contribution in [0, 0.1) is 46.3 Å². The molecule has 41 heavy (non-hydrogen) atoms. The molecular weight excluding hydrogens is 531 g/mol. The lowest BCUT2D eigenvalue weighted by Crippen LogP contribution is -2.68. The van der Waals surface area contributed by atoms with Gasteiger partial charge in [0, 0.05) is 62.3 Å². The number of hydrazone groups is 1. The lowest BCUT2D eigenvalue weighted by Gasteiger charge is -2.60. The maximum Gasteiger partial charge on any atom is 0.390 e. The Morgan fingerprint density at radius 3 is 2.32 bits per heavy atom. The van der Waals surface area contributed by atoms with Gasteiger partial charge in [0.15, 0.2) is 0 Å². The molecule has 3 atom stereocenters. The maximum absolute atomic E-state index is 13.1. The van der Waals surface area contributed by atoms with Crippen molar-refractivity contribution in [3.63, 3.8) is 0 Å². The van der Waals surface area contributed by atoms with Crippen molar-refractivity contribution in [1.82, 2.24) is 20.5 Å². The third-order valence-electron chi connectivity index (χ3n) is 11.2. The molecule has 2 aliphatic heterocycles. The van der Waals surface area contributed by atoms with E-state index in [9.17, 15) is 18.0 Å². The number of allylic oxidation sites excluding steroid dienone is 1. The minimum absolute atomic E-state index is 0.0309. The van der Waals surface area contributed by atoms with E-state index >= 15 is 0 Å². The third kappa shape index (κ3) is 6.02. The molecule has 8 nitrogen and oxygen atoms in total. The van der Waals surface area contributed by atoms with Crippen LogP contribution in [0.25, 0.3) is 0 Å². The minimum Gasteiger partial charge on any atom is -0.402 e. The van der Waals surface area contributed by atoms with Crippen LogP contribution in [0.5, 0.6) is 0 Å². The van der Waals surface area contributed by atoms with Crippen molar-refractivity contribution < 1.29 is 18.0 Å². The normalized spacial score (nSPS) is 34.3. The van der Waals surface area contributed by atoms with Gasteiger partial charge in [-0.3, -0.25) is 0 Å². The summed E-state index contributed by atoms with van der Waals surface area (Å²) in [4.78, 5) is 17.0. The minimum atomic E-state index is -4.21. The fourth-order valence-electron chi connectivity index (χ4n) is 8.32. The number of likely N-dealkylation sites (tertiary alicyclic amines) is 2. The smallest absolute Gasteiger partial charge is 0.390 e. The number of nitrogens with two attached hydrogens (primary N) is 2. The molecule has 0 aromatic rings. The highest BCUT2D eigenvalue weighted by molar-refractivity contribution is 5.90. The van der Waals surface area contributed by atoms with Crippen molar-refractivity contribution in [3.8, 4) is 0 Å². The van der Waals surface area contributed by atoms with Crippen LogP contribution in [-0.4, -0.2) is 73.7 Å². The first-order valence-corrected chi connectivity index (χ1v) is 15.7. The van der Waals surface area contributed by atoms with E-state index in [1.807, 2.05) is 16.7 Å². The van der Waals surface area contributed by atoms with Crippen LogP contribution in [0.3, 0.4) is 0 Å². The number of carbonyl (C=O) groups is 1. The molecule has 6 aliphatic rings. The van der Waals surface area contributed by atoms with Gasteiger partial charge in [-0.15, -0.1) is 0 Å². The molecule has 2 amide bonds. The average molecular weight is 580 g/mol. The largest absolute Gasteiger partial charge is 0.402 e. The summed E-state index contributed by atoms with van der Waals surface area (Å²) in [6.45, 7) is 5.85. The predicted octanol–water partition coefficient (Wildman–Crippen LogP) is 3.85. The molecule has 2 saturated heterocycles. The Kier molecular flexibility index (Phi) is 7.42. The summed E-state index contributed by atoms with van der Waals surface area (Å²) >= 11 is 0. The van der Waals surface area contributed by atoms with Crippen molar-refractivity contribution in [1.29, 1.82) is 0 Å². The summed E-state index contributed by atoms with van der Waals surface area (Å²) < 4.78 is 39.3. The number of hydrogen-bond donors (Lipinski definition) is 4. The van der Waals surface area contributed by atoms with Crippen molar-refractivity contribution in [2.24, 2.45) is 62.9 Å². The van der Waals surface area contributed by atoms with Crippen LogP contribution in [0.15, 0.2) is 16.9 Å². The zero-order valence-corrected chi connectivity index (χ0v) is 24.6. The highest BCUT2D eigenvalue weighted by Crippen LogP contribution is 2.58. The van der Waals surface area contributed by atoms with E-state index in [0.29, 0.717) is 42.5 Å². The summed E-state index contributed by atoms with van der Waals surface area (Å²) in [6.07, 6.45) is 5.55. The third-order valence-corrected chi connectivity index (χ3v) is 11.2. The van der Waals surface area contributed by atoms with E-state index < -0.39 is 18.0 Å². The zero-order chi connectivity index (χ0) is 29.2. The number of amidine groups is 1. The number of halogens is 3. The molecular formula is C30H48F3N7O. The topological polar surface area (TPSA) is 112 Å². The van der Waals surface area contributed by atoms with Gasteiger partial charge < -0.3 is 32.0 Å². The summed E-state index contributed by atoms with van der Waals surface area (Å²) in [5, 5.41) is 7.26. The van der Waals surface area contributed by atoms with E-state index in [-0.39, 0.29) is 23.4 Å². The Balaban J connectivity index is 0.860. The molecule has 1 spiro atoms. The molecule has 6 N–H and O–H groups in total. The number of nitrogens with zero attached hydrogens (tertiary/aromatic N) is 3. The SMILES string of the molecule is CN/C(=N\NCC1CC2(C1)CN(C(=O)N1CC(C3CC(/C(N)=C/C(N)CC4CC4)C3)C1)C2)C1(CC(F)(F)F)C[C@H]1C. The second-order valence-corrected chi connectivity index (χ2v) is 14.6. The van der Waals surface area contributed by atoms with E-state index in [1.54, 1.807) is 7.05 Å². The van der Waals surface area contributed by atoms with Crippen LogP contribution < -0.4 is 22.2 Å². The van der Waals surface area contributed by atoms with E-state index in [1.165, 1.54) is 12.8 Å². The van der Waals surface area contributed by atoms with Gasteiger partial charge in [-0.05, 0) is 80.1 Å². The Bertz CT molecular complexity index is 1050. The number of nitrogens with one attached hydrogen (secondary N) is 2. The Morgan fingerprint density at radius 2 is 1.76 bits per heavy atom. The van der Waals surface area contributed by atoms with Crippen molar-refractivity contribution >= 4 is 11.9 Å². The van der Waals surface area contributed by atoms with Crippen molar-refractivity contribution in [3.05, 3.63) is 11.8 Å².